The molecule has 2 atom stereocenters. The second-order valence-electron chi connectivity index (χ2n) is 5.27. The van der Waals surface area contributed by atoms with Crippen molar-refractivity contribution >= 4 is 17.6 Å². The predicted molar refractivity (Wildman–Crippen MR) is 72.6 cm³/mol. The summed E-state index contributed by atoms with van der Waals surface area (Å²) < 4.78 is 6.15. The highest BCUT2D eigenvalue weighted by Gasteiger charge is 2.38. The zero-order valence-corrected chi connectivity index (χ0v) is 12.1. The van der Waals surface area contributed by atoms with Gasteiger partial charge in [0.2, 0.25) is 0 Å². The maximum Gasteiger partial charge on any atom is 0.310 e. The lowest BCUT2D eigenvalue weighted by Crippen LogP contribution is -2.31. The van der Waals surface area contributed by atoms with E-state index in [9.17, 15) is 19.7 Å². The van der Waals surface area contributed by atoms with Crippen LogP contribution < -0.4 is 0 Å². The first-order chi connectivity index (χ1) is 9.85. The van der Waals surface area contributed by atoms with Crippen molar-refractivity contribution in [1.29, 1.82) is 0 Å². The van der Waals surface area contributed by atoms with Crippen molar-refractivity contribution < 1.29 is 19.2 Å². The second kappa shape index (κ2) is 5.55. The van der Waals surface area contributed by atoms with Crippen LogP contribution in [0.15, 0.2) is 12.3 Å². The van der Waals surface area contributed by atoms with Crippen LogP contribution in [0.4, 0.5) is 5.69 Å². The number of hydrogen-bond donors (Lipinski definition) is 0. The maximum atomic E-state index is 12.4. The zero-order valence-electron chi connectivity index (χ0n) is 12.1. The number of esters is 1. The fraction of sp³-hybridized carbons (Fsp3) is 0.538. The van der Waals surface area contributed by atoms with Crippen molar-refractivity contribution in [2.45, 2.75) is 6.92 Å². The fourth-order valence-electron chi connectivity index (χ4n) is 2.61. The zero-order chi connectivity index (χ0) is 15.7. The molecule has 1 aliphatic heterocycles. The number of carbonyl (C=O) groups excluding carboxylic acids is 2. The third-order valence-corrected chi connectivity index (χ3v) is 3.82. The van der Waals surface area contributed by atoms with Crippen molar-refractivity contribution in [3.63, 3.8) is 0 Å². The Labute approximate surface area is 121 Å². The van der Waals surface area contributed by atoms with Crippen molar-refractivity contribution in [2.24, 2.45) is 18.9 Å². The lowest BCUT2D eigenvalue weighted by atomic mass is 9.99. The van der Waals surface area contributed by atoms with Crippen LogP contribution in [-0.4, -0.2) is 46.5 Å². The van der Waals surface area contributed by atoms with Gasteiger partial charge >= 0.3 is 5.97 Å². The summed E-state index contributed by atoms with van der Waals surface area (Å²) in [6.45, 7) is 2.57. The molecule has 1 aromatic rings. The van der Waals surface area contributed by atoms with Gasteiger partial charge in [-0.3, -0.25) is 19.7 Å². The molecule has 0 aliphatic carbocycles. The number of methoxy groups -OCH3 is 1. The van der Waals surface area contributed by atoms with E-state index in [4.69, 9.17) is 4.74 Å². The smallest absolute Gasteiger partial charge is 0.310 e. The number of aryl methyl sites for hydroxylation is 1. The van der Waals surface area contributed by atoms with Crippen molar-refractivity contribution in [1.82, 2.24) is 9.47 Å². The molecule has 2 rings (SSSR count). The van der Waals surface area contributed by atoms with Crippen LogP contribution in [0.25, 0.3) is 0 Å². The Morgan fingerprint density at radius 2 is 2.10 bits per heavy atom. The Bertz CT molecular complexity index is 595. The minimum atomic E-state index is -0.541. The molecule has 0 spiro atoms. The predicted octanol–water partition coefficient (Wildman–Crippen LogP) is 0.814. The highest BCUT2D eigenvalue weighted by atomic mass is 16.6. The summed E-state index contributed by atoms with van der Waals surface area (Å²) in [6, 6.07) is 1.25. The number of nitro groups is 1. The average molecular weight is 295 g/mol. The summed E-state index contributed by atoms with van der Waals surface area (Å²) in [5, 5.41) is 10.7. The number of aromatic nitrogens is 1. The van der Waals surface area contributed by atoms with E-state index in [1.807, 2.05) is 6.92 Å². The molecule has 0 aromatic carbocycles. The molecule has 2 heterocycles. The molecule has 1 saturated heterocycles. The normalized spacial score (nSPS) is 21.4. The van der Waals surface area contributed by atoms with Crippen LogP contribution in [-0.2, 0) is 16.6 Å². The van der Waals surface area contributed by atoms with E-state index >= 15 is 0 Å². The molecule has 21 heavy (non-hydrogen) atoms. The van der Waals surface area contributed by atoms with E-state index in [2.05, 4.69) is 0 Å². The number of amides is 1. The first kappa shape index (κ1) is 15.0. The summed E-state index contributed by atoms with van der Waals surface area (Å²) in [5.74, 6) is -1.01. The molecule has 0 radical (unpaired) electrons. The number of nitrogens with zero attached hydrogens (tertiary/aromatic N) is 3. The highest BCUT2D eigenvalue weighted by Crippen LogP contribution is 2.26. The number of rotatable bonds is 3. The monoisotopic (exact) mass is 295 g/mol. The molecule has 2 unspecified atom stereocenters. The molecule has 8 heteroatoms. The van der Waals surface area contributed by atoms with Gasteiger partial charge in [-0.1, -0.05) is 6.92 Å². The van der Waals surface area contributed by atoms with E-state index in [1.165, 1.54) is 28.8 Å². The quantitative estimate of drug-likeness (QED) is 0.467. The van der Waals surface area contributed by atoms with E-state index in [0.717, 1.165) is 0 Å². The van der Waals surface area contributed by atoms with E-state index < -0.39 is 4.92 Å². The molecule has 1 amide bonds. The number of ether oxygens (including phenoxy) is 1. The Hall–Kier alpha value is -2.38. The largest absolute Gasteiger partial charge is 0.469 e. The standard InChI is InChI=1S/C13H17N3O5/c1-8-5-15(7-10(8)13(18)21-3)12(17)11-4-9(16(19)20)6-14(11)2/h4,6,8,10H,5,7H2,1-3H3. The molecule has 0 saturated carbocycles. The summed E-state index contributed by atoms with van der Waals surface area (Å²) in [4.78, 5) is 35.8. The summed E-state index contributed by atoms with van der Waals surface area (Å²) in [7, 11) is 2.90. The van der Waals surface area contributed by atoms with Crippen LogP contribution in [0.2, 0.25) is 0 Å². The molecule has 0 N–H and O–H groups in total. The molecule has 1 aromatic heterocycles. The van der Waals surface area contributed by atoms with E-state index in [1.54, 1.807) is 7.05 Å². The molecular weight excluding hydrogens is 278 g/mol. The van der Waals surface area contributed by atoms with Crippen LogP contribution in [0.3, 0.4) is 0 Å². The fourth-order valence-corrected chi connectivity index (χ4v) is 2.61. The summed E-state index contributed by atoms with van der Waals surface area (Å²) >= 11 is 0. The Morgan fingerprint density at radius 1 is 1.43 bits per heavy atom. The SMILES string of the molecule is COC(=O)C1CN(C(=O)c2cc([N+](=O)[O-])cn2C)CC1C. The van der Waals surface area contributed by atoms with Crippen molar-refractivity contribution in [3.8, 4) is 0 Å². The lowest BCUT2D eigenvalue weighted by molar-refractivity contribution is -0.384. The van der Waals surface area contributed by atoms with Crippen LogP contribution >= 0.6 is 0 Å². The van der Waals surface area contributed by atoms with Gasteiger partial charge in [0, 0.05) is 26.2 Å². The highest BCUT2D eigenvalue weighted by molar-refractivity contribution is 5.94. The van der Waals surface area contributed by atoms with Gasteiger partial charge in [0.05, 0.1) is 24.1 Å². The van der Waals surface area contributed by atoms with Gasteiger partial charge in [-0.15, -0.1) is 0 Å². The van der Waals surface area contributed by atoms with E-state index in [0.29, 0.717) is 6.54 Å². The third-order valence-electron chi connectivity index (χ3n) is 3.82. The Kier molecular flexibility index (Phi) is 3.97. The van der Waals surface area contributed by atoms with Gasteiger partial charge in [-0.2, -0.15) is 0 Å². The van der Waals surface area contributed by atoms with E-state index in [-0.39, 0.29) is 41.6 Å². The minimum absolute atomic E-state index is 0.00310. The molecule has 1 aliphatic rings. The van der Waals surface area contributed by atoms with Crippen molar-refractivity contribution in [2.75, 3.05) is 20.2 Å². The van der Waals surface area contributed by atoms with Gasteiger partial charge in [0.1, 0.15) is 5.69 Å². The number of carbonyl (C=O) groups is 2. The average Bonchev–Trinajstić information content (AvgIpc) is 3.00. The molecule has 0 bridgehead atoms. The maximum absolute atomic E-state index is 12.4. The van der Waals surface area contributed by atoms with Gasteiger partial charge in [-0.25, -0.2) is 0 Å². The topological polar surface area (TPSA) is 94.7 Å². The van der Waals surface area contributed by atoms with Gasteiger partial charge in [0.15, 0.2) is 0 Å². The molecule has 1 fully saturated rings. The number of likely N-dealkylation sites (tertiary alicyclic amines) is 1. The molecular formula is C13H17N3O5. The van der Waals surface area contributed by atoms with Gasteiger partial charge in [-0.05, 0) is 5.92 Å². The Balaban J connectivity index is 2.18. The van der Waals surface area contributed by atoms with Crippen LogP contribution in [0.1, 0.15) is 17.4 Å². The first-order valence-corrected chi connectivity index (χ1v) is 6.53. The third kappa shape index (κ3) is 2.74. The lowest BCUT2D eigenvalue weighted by Gasteiger charge is -2.16. The first-order valence-electron chi connectivity index (χ1n) is 6.53. The molecule has 8 nitrogen and oxygen atoms in total. The van der Waals surface area contributed by atoms with Gasteiger partial charge < -0.3 is 14.2 Å². The van der Waals surface area contributed by atoms with Gasteiger partial charge in [0.25, 0.3) is 11.6 Å². The Morgan fingerprint density at radius 3 is 2.62 bits per heavy atom. The number of hydrogen-bond acceptors (Lipinski definition) is 5. The van der Waals surface area contributed by atoms with Crippen LogP contribution in [0, 0.1) is 22.0 Å². The summed E-state index contributed by atoms with van der Waals surface area (Å²) in [5.41, 5.74) is 0.108. The van der Waals surface area contributed by atoms with Crippen molar-refractivity contribution in [3.05, 3.63) is 28.1 Å². The molecule has 114 valence electrons. The summed E-state index contributed by atoms with van der Waals surface area (Å²) in [6.07, 6.45) is 1.30. The second-order valence-corrected chi connectivity index (χ2v) is 5.27. The van der Waals surface area contributed by atoms with Crippen LogP contribution in [0.5, 0.6) is 0 Å². The minimum Gasteiger partial charge on any atom is -0.469 e.